The Morgan fingerprint density at radius 1 is 0.821 bits per heavy atom. The number of quaternary nitrogens is 1. The molecule has 5 heteroatoms. The summed E-state index contributed by atoms with van der Waals surface area (Å²) in [5, 5.41) is 12.0. The molecule has 0 saturated heterocycles. The predicted molar refractivity (Wildman–Crippen MR) is 107 cm³/mol. The van der Waals surface area contributed by atoms with Gasteiger partial charge in [0.1, 0.15) is 38.2 Å². The first-order valence-corrected chi connectivity index (χ1v) is 9.38. The molecule has 0 unspecified atom stereocenters. The maximum absolute atomic E-state index is 13.4. The fourth-order valence-corrected chi connectivity index (χ4v) is 2.76. The van der Waals surface area contributed by atoms with Gasteiger partial charge in [-0.1, -0.05) is 54.6 Å². The minimum atomic E-state index is -0.595. The number of para-hydroxylation sites is 1. The summed E-state index contributed by atoms with van der Waals surface area (Å²) in [5.74, 6) is 0.606. The Balaban J connectivity index is 1.33. The van der Waals surface area contributed by atoms with Gasteiger partial charge in [0, 0.05) is 0 Å². The molecule has 0 spiro atoms. The quantitative estimate of drug-likeness (QED) is 0.530. The van der Waals surface area contributed by atoms with Crippen molar-refractivity contribution in [3.8, 4) is 22.6 Å². The lowest BCUT2D eigenvalue weighted by molar-refractivity contribution is -0.661. The van der Waals surface area contributed by atoms with Crippen LogP contribution in [0.1, 0.15) is 0 Å². The van der Waals surface area contributed by atoms with Crippen LogP contribution in [0, 0.1) is 5.82 Å². The maximum atomic E-state index is 13.4. The number of hydrogen-bond donors (Lipinski definition) is 2. The highest BCUT2D eigenvalue weighted by Crippen LogP contribution is 2.22. The average molecular weight is 382 g/mol. The van der Waals surface area contributed by atoms with Gasteiger partial charge in [-0.3, -0.25) is 0 Å². The lowest BCUT2D eigenvalue weighted by Crippen LogP contribution is -2.87. The highest BCUT2D eigenvalue weighted by molar-refractivity contribution is 5.63. The fourth-order valence-electron chi connectivity index (χ4n) is 2.76. The summed E-state index contributed by atoms with van der Waals surface area (Å²) >= 11 is 0. The summed E-state index contributed by atoms with van der Waals surface area (Å²) in [6, 6.07) is 24.3. The van der Waals surface area contributed by atoms with Crippen LogP contribution in [0.15, 0.2) is 78.9 Å². The zero-order chi connectivity index (χ0) is 19.6. The summed E-state index contributed by atoms with van der Waals surface area (Å²) in [6.07, 6.45) is -0.595. The second-order valence-electron chi connectivity index (χ2n) is 6.45. The van der Waals surface area contributed by atoms with Crippen molar-refractivity contribution in [2.45, 2.75) is 6.10 Å². The van der Waals surface area contributed by atoms with Gasteiger partial charge in [-0.25, -0.2) is 4.39 Å². The number of hydrogen-bond acceptors (Lipinski definition) is 3. The Morgan fingerprint density at radius 2 is 1.50 bits per heavy atom. The first kappa shape index (κ1) is 19.9. The third kappa shape index (κ3) is 6.08. The van der Waals surface area contributed by atoms with E-state index in [1.54, 1.807) is 18.2 Å². The molecular formula is C23H25FNO3+. The highest BCUT2D eigenvalue weighted by Gasteiger charge is 2.08. The molecule has 146 valence electrons. The van der Waals surface area contributed by atoms with Crippen LogP contribution in [0.4, 0.5) is 4.39 Å². The van der Waals surface area contributed by atoms with Crippen LogP contribution in [0.3, 0.4) is 0 Å². The number of aliphatic hydroxyl groups excluding tert-OH is 1. The Labute approximate surface area is 164 Å². The van der Waals surface area contributed by atoms with Gasteiger partial charge in [-0.15, -0.1) is 0 Å². The molecule has 0 aliphatic heterocycles. The van der Waals surface area contributed by atoms with Gasteiger partial charge >= 0.3 is 0 Å². The normalized spacial score (nSPS) is 11.8. The Bertz CT molecular complexity index is 840. The number of aliphatic hydroxyl groups is 1. The lowest BCUT2D eigenvalue weighted by atomic mass is 10.1. The van der Waals surface area contributed by atoms with Crippen LogP contribution in [0.2, 0.25) is 0 Å². The van der Waals surface area contributed by atoms with E-state index in [-0.39, 0.29) is 18.2 Å². The number of nitrogens with two attached hydrogens (primary N) is 1. The van der Waals surface area contributed by atoms with E-state index in [0.29, 0.717) is 19.7 Å². The summed E-state index contributed by atoms with van der Waals surface area (Å²) < 4.78 is 24.4. The second-order valence-corrected chi connectivity index (χ2v) is 6.45. The first-order valence-electron chi connectivity index (χ1n) is 9.38. The van der Waals surface area contributed by atoms with Crippen molar-refractivity contribution >= 4 is 0 Å². The Kier molecular flexibility index (Phi) is 7.41. The van der Waals surface area contributed by atoms with Crippen molar-refractivity contribution in [1.29, 1.82) is 0 Å². The molecule has 3 aromatic rings. The standard InChI is InChI=1S/C23H24FNO3/c24-22-8-4-5-9-23(22)27-15-14-25-16-20(26)17-28-21-12-10-19(11-13-21)18-6-2-1-3-7-18/h1-13,20,25-26H,14-17H2/p+1/t20-/m0/s1. The van der Waals surface area contributed by atoms with Crippen LogP contribution in [-0.4, -0.2) is 37.5 Å². The number of halogens is 1. The molecule has 4 nitrogen and oxygen atoms in total. The molecule has 0 saturated carbocycles. The van der Waals surface area contributed by atoms with E-state index in [9.17, 15) is 9.50 Å². The predicted octanol–water partition coefficient (Wildman–Crippen LogP) is 2.87. The molecule has 0 aromatic heterocycles. The zero-order valence-electron chi connectivity index (χ0n) is 15.6. The number of benzene rings is 3. The lowest BCUT2D eigenvalue weighted by Gasteiger charge is -2.12. The van der Waals surface area contributed by atoms with Gasteiger partial charge in [-0.2, -0.15) is 0 Å². The van der Waals surface area contributed by atoms with Crippen molar-refractivity contribution in [2.75, 3.05) is 26.3 Å². The van der Waals surface area contributed by atoms with Gasteiger partial charge < -0.3 is 19.9 Å². The molecule has 1 atom stereocenters. The molecule has 0 aliphatic rings. The van der Waals surface area contributed by atoms with E-state index in [4.69, 9.17) is 9.47 Å². The molecule has 0 heterocycles. The Morgan fingerprint density at radius 3 is 2.25 bits per heavy atom. The maximum Gasteiger partial charge on any atom is 0.165 e. The summed E-state index contributed by atoms with van der Waals surface area (Å²) in [6.45, 7) is 1.70. The molecule has 0 amide bonds. The Hall–Kier alpha value is -2.89. The smallest absolute Gasteiger partial charge is 0.165 e. The van der Waals surface area contributed by atoms with Crippen molar-refractivity contribution < 1.29 is 24.3 Å². The highest BCUT2D eigenvalue weighted by atomic mass is 19.1. The third-order valence-electron chi connectivity index (χ3n) is 4.26. The van der Waals surface area contributed by atoms with E-state index >= 15 is 0 Å². The largest absolute Gasteiger partial charge is 0.491 e. The molecule has 0 radical (unpaired) electrons. The van der Waals surface area contributed by atoms with Gasteiger partial charge in [-0.05, 0) is 35.4 Å². The molecular weight excluding hydrogens is 357 g/mol. The average Bonchev–Trinajstić information content (AvgIpc) is 2.74. The van der Waals surface area contributed by atoms with Gasteiger partial charge in [0.25, 0.3) is 0 Å². The molecule has 0 fully saturated rings. The zero-order valence-corrected chi connectivity index (χ0v) is 15.6. The van der Waals surface area contributed by atoms with E-state index in [1.165, 1.54) is 6.07 Å². The van der Waals surface area contributed by atoms with Crippen molar-refractivity contribution in [3.63, 3.8) is 0 Å². The first-order chi connectivity index (χ1) is 13.7. The summed E-state index contributed by atoms with van der Waals surface area (Å²) in [5.41, 5.74) is 2.28. The number of ether oxygens (including phenoxy) is 2. The van der Waals surface area contributed by atoms with Crippen LogP contribution in [-0.2, 0) is 0 Å². The van der Waals surface area contributed by atoms with E-state index in [2.05, 4.69) is 12.1 Å². The molecule has 3 rings (SSSR count). The van der Waals surface area contributed by atoms with Crippen LogP contribution in [0.5, 0.6) is 11.5 Å². The molecule has 28 heavy (non-hydrogen) atoms. The van der Waals surface area contributed by atoms with Crippen molar-refractivity contribution in [2.24, 2.45) is 0 Å². The number of rotatable bonds is 10. The monoisotopic (exact) mass is 382 g/mol. The SMILES string of the molecule is O[C@@H](C[NH2+]CCOc1ccccc1F)COc1ccc(-c2ccccc2)cc1. The van der Waals surface area contributed by atoms with Crippen LogP contribution in [0.25, 0.3) is 11.1 Å². The van der Waals surface area contributed by atoms with Crippen molar-refractivity contribution in [1.82, 2.24) is 0 Å². The van der Waals surface area contributed by atoms with E-state index in [0.717, 1.165) is 16.9 Å². The molecule has 0 aliphatic carbocycles. The van der Waals surface area contributed by atoms with Crippen LogP contribution < -0.4 is 14.8 Å². The van der Waals surface area contributed by atoms with Crippen molar-refractivity contribution in [3.05, 3.63) is 84.7 Å². The van der Waals surface area contributed by atoms with E-state index < -0.39 is 6.10 Å². The van der Waals surface area contributed by atoms with Crippen LogP contribution >= 0.6 is 0 Å². The molecule has 3 aromatic carbocycles. The second kappa shape index (κ2) is 10.4. The summed E-state index contributed by atoms with van der Waals surface area (Å²) in [4.78, 5) is 0. The molecule has 3 N–H and O–H groups in total. The van der Waals surface area contributed by atoms with Gasteiger partial charge in [0.2, 0.25) is 0 Å². The fraction of sp³-hybridized carbons (Fsp3) is 0.217. The minimum Gasteiger partial charge on any atom is -0.491 e. The van der Waals surface area contributed by atoms with Gasteiger partial charge in [0.05, 0.1) is 0 Å². The summed E-state index contributed by atoms with van der Waals surface area (Å²) in [7, 11) is 0. The topological polar surface area (TPSA) is 55.3 Å². The minimum absolute atomic E-state index is 0.218. The molecule has 0 bridgehead atoms. The van der Waals surface area contributed by atoms with Gasteiger partial charge in [0.15, 0.2) is 11.6 Å². The van der Waals surface area contributed by atoms with E-state index in [1.807, 2.05) is 47.8 Å². The third-order valence-corrected chi connectivity index (χ3v) is 4.26.